The van der Waals surface area contributed by atoms with Gasteiger partial charge >= 0.3 is 0 Å². The summed E-state index contributed by atoms with van der Waals surface area (Å²) in [6, 6.07) is 24.8. The first-order chi connectivity index (χ1) is 10.7. The van der Waals surface area contributed by atoms with Crippen LogP contribution in [0.1, 0.15) is 11.1 Å². The van der Waals surface area contributed by atoms with E-state index in [0.29, 0.717) is 0 Å². The molecule has 0 aliphatic rings. The van der Waals surface area contributed by atoms with E-state index in [0.717, 1.165) is 22.0 Å². The molecule has 0 aliphatic carbocycles. The van der Waals surface area contributed by atoms with Crippen molar-refractivity contribution in [1.29, 1.82) is 0 Å². The molecule has 1 nitrogen and oxygen atoms in total. The third-order valence-corrected chi connectivity index (χ3v) is 4.48. The molecular formula is C20H18OS. The number of para-hydroxylation sites is 2. The molecule has 0 aliphatic heterocycles. The summed E-state index contributed by atoms with van der Waals surface area (Å²) in [5.41, 5.74) is 2.41. The first-order valence-corrected chi connectivity index (χ1v) is 8.11. The van der Waals surface area contributed by atoms with Crippen molar-refractivity contribution in [2.75, 3.05) is 0 Å². The third-order valence-electron chi connectivity index (χ3n) is 3.41. The fraction of sp³-hybridized carbons (Fsp3) is 0.100. The second kappa shape index (κ2) is 6.71. The molecule has 0 bridgehead atoms. The topological polar surface area (TPSA) is 9.23 Å². The minimum Gasteiger partial charge on any atom is -0.456 e. The van der Waals surface area contributed by atoms with E-state index in [-0.39, 0.29) is 0 Å². The Labute approximate surface area is 136 Å². The zero-order chi connectivity index (χ0) is 15.4. The van der Waals surface area contributed by atoms with Gasteiger partial charge in [0.1, 0.15) is 11.5 Å². The molecule has 3 aromatic carbocycles. The number of aryl methyl sites for hydroxylation is 2. The lowest BCUT2D eigenvalue weighted by Crippen LogP contribution is -1.89. The zero-order valence-corrected chi connectivity index (χ0v) is 13.6. The molecule has 0 unspecified atom stereocenters. The Morgan fingerprint density at radius 1 is 0.682 bits per heavy atom. The van der Waals surface area contributed by atoms with Gasteiger partial charge in [0.15, 0.2) is 0 Å². The zero-order valence-electron chi connectivity index (χ0n) is 12.7. The maximum absolute atomic E-state index is 6.12. The van der Waals surface area contributed by atoms with Crippen LogP contribution in [0.2, 0.25) is 0 Å². The van der Waals surface area contributed by atoms with E-state index in [4.69, 9.17) is 4.74 Å². The summed E-state index contributed by atoms with van der Waals surface area (Å²) in [4.78, 5) is 2.33. The Balaban J connectivity index is 1.87. The lowest BCUT2D eigenvalue weighted by molar-refractivity contribution is 0.467. The van der Waals surface area contributed by atoms with Gasteiger partial charge in [0.25, 0.3) is 0 Å². The van der Waals surface area contributed by atoms with E-state index >= 15 is 0 Å². The molecule has 3 rings (SSSR count). The largest absolute Gasteiger partial charge is 0.456 e. The third kappa shape index (κ3) is 3.52. The molecule has 0 N–H and O–H groups in total. The van der Waals surface area contributed by atoms with Crippen molar-refractivity contribution in [2.24, 2.45) is 0 Å². The quantitative estimate of drug-likeness (QED) is 0.563. The van der Waals surface area contributed by atoms with E-state index in [1.807, 2.05) is 36.4 Å². The fourth-order valence-electron chi connectivity index (χ4n) is 2.14. The van der Waals surface area contributed by atoms with E-state index < -0.39 is 0 Å². The summed E-state index contributed by atoms with van der Waals surface area (Å²) in [5.74, 6) is 1.79. The number of hydrogen-bond donors (Lipinski definition) is 0. The van der Waals surface area contributed by atoms with Crippen LogP contribution in [0.4, 0.5) is 0 Å². The monoisotopic (exact) mass is 306 g/mol. The molecule has 0 radical (unpaired) electrons. The average molecular weight is 306 g/mol. The normalized spacial score (nSPS) is 10.5. The average Bonchev–Trinajstić information content (AvgIpc) is 2.53. The van der Waals surface area contributed by atoms with Crippen molar-refractivity contribution in [3.8, 4) is 11.5 Å². The van der Waals surface area contributed by atoms with Crippen molar-refractivity contribution in [3.05, 3.63) is 83.9 Å². The van der Waals surface area contributed by atoms with Gasteiger partial charge in [-0.2, -0.15) is 0 Å². The molecule has 0 fully saturated rings. The Hall–Kier alpha value is -2.19. The number of rotatable bonds is 4. The summed E-state index contributed by atoms with van der Waals surface area (Å²) in [7, 11) is 0. The lowest BCUT2D eigenvalue weighted by Gasteiger charge is -2.12. The van der Waals surface area contributed by atoms with Crippen LogP contribution in [0.3, 0.4) is 0 Å². The lowest BCUT2D eigenvalue weighted by atomic mass is 10.2. The van der Waals surface area contributed by atoms with Gasteiger partial charge in [-0.15, -0.1) is 0 Å². The maximum atomic E-state index is 6.12. The van der Waals surface area contributed by atoms with Crippen LogP contribution < -0.4 is 4.74 Å². The van der Waals surface area contributed by atoms with Crippen molar-refractivity contribution in [1.82, 2.24) is 0 Å². The van der Waals surface area contributed by atoms with Gasteiger partial charge in [0.05, 0.1) is 4.90 Å². The molecule has 2 heteroatoms. The van der Waals surface area contributed by atoms with Gasteiger partial charge in [-0.1, -0.05) is 59.8 Å². The molecule has 0 atom stereocenters. The predicted octanol–water partition coefficient (Wildman–Crippen LogP) is 6.25. The van der Waals surface area contributed by atoms with Crippen LogP contribution in [0.25, 0.3) is 0 Å². The Kier molecular flexibility index (Phi) is 4.50. The van der Waals surface area contributed by atoms with E-state index in [1.165, 1.54) is 10.5 Å². The molecular weight excluding hydrogens is 288 g/mol. The molecule has 0 amide bonds. The van der Waals surface area contributed by atoms with Gasteiger partial charge in [-0.05, 0) is 49.7 Å². The van der Waals surface area contributed by atoms with Gasteiger partial charge in [0.2, 0.25) is 0 Å². The summed E-state index contributed by atoms with van der Waals surface area (Å²) in [6.07, 6.45) is 0. The van der Waals surface area contributed by atoms with Crippen LogP contribution in [-0.2, 0) is 0 Å². The summed E-state index contributed by atoms with van der Waals surface area (Å²) in [5, 5.41) is 0. The highest BCUT2D eigenvalue weighted by molar-refractivity contribution is 7.99. The van der Waals surface area contributed by atoms with Crippen molar-refractivity contribution >= 4 is 11.8 Å². The Bertz CT molecular complexity index is 763. The fourth-order valence-corrected chi connectivity index (χ4v) is 3.02. The molecule has 0 spiro atoms. The van der Waals surface area contributed by atoms with E-state index in [9.17, 15) is 0 Å². The van der Waals surface area contributed by atoms with Crippen LogP contribution >= 0.6 is 11.8 Å². The second-order valence-corrected chi connectivity index (χ2v) is 6.34. The first kappa shape index (κ1) is 14.7. The summed E-state index contributed by atoms with van der Waals surface area (Å²) >= 11 is 1.72. The highest BCUT2D eigenvalue weighted by Gasteiger charge is 2.07. The number of ether oxygens (including phenoxy) is 1. The minimum atomic E-state index is 0.891. The Morgan fingerprint density at radius 2 is 1.32 bits per heavy atom. The first-order valence-electron chi connectivity index (χ1n) is 7.29. The highest BCUT2D eigenvalue weighted by Crippen LogP contribution is 2.37. The highest BCUT2D eigenvalue weighted by atomic mass is 32.2. The standard InChI is InChI=1S/C20H18OS/c1-15-11-13-17(14-12-15)22-20-10-6-5-9-19(20)21-18-8-4-3-7-16(18)2/h3-14H,1-2H3. The smallest absolute Gasteiger partial charge is 0.141 e. The van der Waals surface area contributed by atoms with Gasteiger partial charge < -0.3 is 4.74 Å². The van der Waals surface area contributed by atoms with Gasteiger partial charge in [-0.25, -0.2) is 0 Å². The molecule has 0 aromatic heterocycles. The SMILES string of the molecule is Cc1ccc(Sc2ccccc2Oc2ccccc2C)cc1. The van der Waals surface area contributed by atoms with E-state index in [2.05, 4.69) is 50.2 Å². The number of hydrogen-bond acceptors (Lipinski definition) is 2. The van der Waals surface area contributed by atoms with Crippen molar-refractivity contribution < 1.29 is 4.74 Å². The van der Waals surface area contributed by atoms with Crippen LogP contribution in [0, 0.1) is 13.8 Å². The summed E-state index contributed by atoms with van der Waals surface area (Å²) < 4.78 is 6.12. The molecule has 0 saturated heterocycles. The molecule has 0 saturated carbocycles. The van der Waals surface area contributed by atoms with Crippen molar-refractivity contribution in [2.45, 2.75) is 23.6 Å². The van der Waals surface area contributed by atoms with Crippen LogP contribution in [0.15, 0.2) is 82.6 Å². The molecule has 22 heavy (non-hydrogen) atoms. The molecule has 3 aromatic rings. The number of benzene rings is 3. The second-order valence-electron chi connectivity index (χ2n) is 5.23. The van der Waals surface area contributed by atoms with Crippen molar-refractivity contribution in [3.63, 3.8) is 0 Å². The molecule has 110 valence electrons. The van der Waals surface area contributed by atoms with Gasteiger partial charge in [0, 0.05) is 4.90 Å². The maximum Gasteiger partial charge on any atom is 0.141 e. The Morgan fingerprint density at radius 3 is 2.05 bits per heavy atom. The van der Waals surface area contributed by atoms with Crippen LogP contribution in [0.5, 0.6) is 11.5 Å². The van der Waals surface area contributed by atoms with Gasteiger partial charge in [-0.3, -0.25) is 0 Å². The van der Waals surface area contributed by atoms with E-state index in [1.54, 1.807) is 11.8 Å². The van der Waals surface area contributed by atoms with Crippen LogP contribution in [-0.4, -0.2) is 0 Å². The molecule has 0 heterocycles. The predicted molar refractivity (Wildman–Crippen MR) is 93.0 cm³/mol. The summed E-state index contributed by atoms with van der Waals surface area (Å²) in [6.45, 7) is 4.16. The minimum absolute atomic E-state index is 0.891.